The van der Waals surface area contributed by atoms with Crippen LogP contribution in [0.15, 0.2) is 47.2 Å². The molecule has 0 saturated heterocycles. The lowest BCUT2D eigenvalue weighted by atomic mass is 10.1. The summed E-state index contributed by atoms with van der Waals surface area (Å²) in [7, 11) is 0. The van der Waals surface area contributed by atoms with Gasteiger partial charge in [0.2, 0.25) is 0 Å². The van der Waals surface area contributed by atoms with Gasteiger partial charge in [-0.15, -0.1) is 16.4 Å². The number of rotatable bonds is 2. The molecule has 1 N–H and O–H groups in total. The molecule has 0 aliphatic rings. The van der Waals surface area contributed by atoms with Gasteiger partial charge < -0.3 is 0 Å². The Morgan fingerprint density at radius 3 is 2.87 bits per heavy atom. The van der Waals surface area contributed by atoms with Gasteiger partial charge >= 0.3 is 0 Å². The monoisotopic (exact) mass is 475 g/mol. The molecule has 1 aromatic carbocycles. The zero-order valence-corrected chi connectivity index (χ0v) is 18.4. The molecule has 0 spiro atoms. The molecule has 30 heavy (non-hydrogen) atoms. The largest absolute Gasteiger partial charge is 0.274 e. The first-order valence-electron chi connectivity index (χ1n) is 9.30. The van der Waals surface area contributed by atoms with Gasteiger partial charge in [0.25, 0.3) is 0 Å². The molecule has 9 heteroatoms. The Morgan fingerprint density at radius 1 is 1.10 bits per heavy atom. The van der Waals surface area contributed by atoms with Crippen molar-refractivity contribution in [1.82, 2.24) is 34.8 Å². The molecule has 5 heterocycles. The number of pyridine rings is 1. The number of H-pyrrole nitrogens is 1. The molecule has 0 radical (unpaired) electrons. The Labute approximate surface area is 183 Å². The van der Waals surface area contributed by atoms with E-state index in [0.717, 1.165) is 53.2 Å². The lowest BCUT2D eigenvalue weighted by molar-refractivity contribution is 0.935. The maximum Gasteiger partial charge on any atom is 0.200 e. The number of aryl methyl sites for hydroxylation is 2. The van der Waals surface area contributed by atoms with E-state index in [1.807, 2.05) is 37.3 Å². The van der Waals surface area contributed by atoms with Crippen LogP contribution in [0.2, 0.25) is 0 Å². The van der Waals surface area contributed by atoms with Crippen molar-refractivity contribution in [3.63, 3.8) is 0 Å². The summed E-state index contributed by atoms with van der Waals surface area (Å²) in [6, 6.07) is 12.1. The van der Waals surface area contributed by atoms with Crippen LogP contribution in [-0.2, 0) is 0 Å². The first-order chi connectivity index (χ1) is 14.6. The lowest BCUT2D eigenvalue weighted by Crippen LogP contribution is -1.90. The molecule has 5 aromatic heterocycles. The van der Waals surface area contributed by atoms with E-state index >= 15 is 0 Å². The summed E-state index contributed by atoms with van der Waals surface area (Å²) in [5.74, 6) is 0.580. The number of halogens is 1. The molecule has 0 bridgehead atoms. The number of nitrogens with zero attached hydrogens (tertiary/aromatic N) is 6. The van der Waals surface area contributed by atoms with Gasteiger partial charge in [0.15, 0.2) is 11.5 Å². The Kier molecular flexibility index (Phi) is 3.78. The molecule has 0 amide bonds. The number of hydrogen-bond acceptors (Lipinski definition) is 6. The first-order valence-corrected chi connectivity index (χ1v) is 10.9. The van der Waals surface area contributed by atoms with E-state index in [0.29, 0.717) is 5.82 Å². The Bertz CT molecular complexity index is 1590. The predicted octanol–water partition coefficient (Wildman–Crippen LogP) is 5.32. The van der Waals surface area contributed by atoms with Gasteiger partial charge in [0.1, 0.15) is 21.6 Å². The number of fused-ring (bicyclic) bond motifs is 5. The predicted molar refractivity (Wildman–Crippen MR) is 122 cm³/mol. The maximum absolute atomic E-state index is 4.80. The summed E-state index contributed by atoms with van der Waals surface area (Å²) >= 11 is 5.11. The average molecular weight is 476 g/mol. The SMILES string of the molecule is Cc1cc(C)c2c(n1)sc1c2ncn2nc(-c3cc(-c4cccc(Br)c4)n[nH]3)nc12. The summed E-state index contributed by atoms with van der Waals surface area (Å²) in [6.45, 7) is 4.11. The second-order valence-electron chi connectivity index (χ2n) is 7.17. The zero-order valence-electron chi connectivity index (χ0n) is 16.0. The molecule has 0 atom stereocenters. The van der Waals surface area contributed by atoms with E-state index in [2.05, 4.69) is 49.2 Å². The summed E-state index contributed by atoms with van der Waals surface area (Å²) < 4.78 is 3.71. The van der Waals surface area contributed by atoms with Crippen LogP contribution < -0.4 is 0 Å². The van der Waals surface area contributed by atoms with Gasteiger partial charge in [0.05, 0.1) is 11.2 Å². The number of aromatic amines is 1. The van der Waals surface area contributed by atoms with Gasteiger partial charge in [-0.25, -0.2) is 19.5 Å². The Hall–Kier alpha value is -3.17. The highest BCUT2D eigenvalue weighted by molar-refractivity contribution is 9.10. The van der Waals surface area contributed by atoms with Crippen LogP contribution in [0.25, 0.3) is 48.9 Å². The van der Waals surface area contributed by atoms with E-state index in [4.69, 9.17) is 9.97 Å². The zero-order chi connectivity index (χ0) is 20.4. The van der Waals surface area contributed by atoms with Crippen LogP contribution >= 0.6 is 27.3 Å². The molecule has 0 aliphatic heterocycles. The molecule has 6 rings (SSSR count). The van der Waals surface area contributed by atoms with E-state index in [1.54, 1.807) is 22.2 Å². The van der Waals surface area contributed by atoms with E-state index in [9.17, 15) is 0 Å². The molecule has 6 aromatic rings. The van der Waals surface area contributed by atoms with E-state index in [-0.39, 0.29) is 0 Å². The minimum Gasteiger partial charge on any atom is -0.274 e. The summed E-state index contributed by atoms with van der Waals surface area (Å²) in [6.07, 6.45) is 1.71. The minimum absolute atomic E-state index is 0.580. The normalized spacial score (nSPS) is 11.8. The molecule has 0 unspecified atom stereocenters. The van der Waals surface area contributed by atoms with E-state index < -0.39 is 0 Å². The maximum atomic E-state index is 4.80. The molecule has 0 fully saturated rings. The minimum atomic E-state index is 0.580. The van der Waals surface area contributed by atoms with Crippen molar-refractivity contribution in [3.05, 3.63) is 58.5 Å². The second kappa shape index (κ2) is 6.41. The fourth-order valence-corrected chi connectivity index (χ4v) is 5.34. The van der Waals surface area contributed by atoms with Crippen molar-refractivity contribution < 1.29 is 0 Å². The number of aromatic nitrogens is 7. The van der Waals surface area contributed by atoms with Crippen molar-refractivity contribution in [1.29, 1.82) is 0 Å². The van der Waals surface area contributed by atoms with E-state index in [1.165, 1.54) is 5.56 Å². The number of hydrogen-bond donors (Lipinski definition) is 1. The number of nitrogens with one attached hydrogen (secondary N) is 1. The molecule has 0 saturated carbocycles. The highest BCUT2D eigenvalue weighted by atomic mass is 79.9. The van der Waals surface area contributed by atoms with Crippen LogP contribution in [0.1, 0.15) is 11.3 Å². The lowest BCUT2D eigenvalue weighted by Gasteiger charge is -1.98. The Balaban J connectivity index is 1.52. The fraction of sp³-hybridized carbons (Fsp3) is 0.0952. The molecule has 0 aliphatic carbocycles. The molecular weight excluding hydrogens is 462 g/mol. The van der Waals surface area contributed by atoms with Crippen LogP contribution in [0.3, 0.4) is 0 Å². The standard InChI is InChI=1S/C21H14BrN7S/c1-10-6-11(2)24-21-16(10)17-18(30-21)20-25-19(28-29(20)9-23-17)15-8-14(26-27-15)12-4-3-5-13(22)7-12/h3-9H,1-2H3,(H,26,27). The summed E-state index contributed by atoms with van der Waals surface area (Å²) in [4.78, 5) is 15.1. The van der Waals surface area contributed by atoms with Gasteiger partial charge in [-0.1, -0.05) is 28.1 Å². The van der Waals surface area contributed by atoms with Crippen LogP contribution in [0.5, 0.6) is 0 Å². The summed E-state index contributed by atoms with van der Waals surface area (Å²) in [5, 5.41) is 13.2. The summed E-state index contributed by atoms with van der Waals surface area (Å²) in [5.41, 5.74) is 6.48. The van der Waals surface area contributed by atoms with Crippen LogP contribution in [0, 0.1) is 13.8 Å². The van der Waals surface area contributed by atoms with Crippen molar-refractivity contribution >= 4 is 53.3 Å². The third kappa shape index (κ3) is 2.66. The van der Waals surface area contributed by atoms with Crippen LogP contribution in [-0.4, -0.2) is 34.8 Å². The highest BCUT2D eigenvalue weighted by Crippen LogP contribution is 2.36. The quantitative estimate of drug-likeness (QED) is 0.366. The smallest absolute Gasteiger partial charge is 0.200 e. The number of thiophene rings is 1. The average Bonchev–Trinajstić information content (AvgIpc) is 3.43. The van der Waals surface area contributed by atoms with Gasteiger partial charge in [-0.3, -0.25) is 5.10 Å². The molecule has 146 valence electrons. The van der Waals surface area contributed by atoms with Gasteiger partial charge in [-0.05, 0) is 43.7 Å². The van der Waals surface area contributed by atoms with Crippen molar-refractivity contribution in [2.45, 2.75) is 13.8 Å². The molecule has 7 nitrogen and oxygen atoms in total. The topological polar surface area (TPSA) is 84.6 Å². The fourth-order valence-electron chi connectivity index (χ4n) is 3.71. The highest BCUT2D eigenvalue weighted by Gasteiger charge is 2.18. The third-order valence-electron chi connectivity index (χ3n) is 5.03. The van der Waals surface area contributed by atoms with Gasteiger partial charge in [0, 0.05) is 21.1 Å². The Morgan fingerprint density at radius 2 is 2.00 bits per heavy atom. The van der Waals surface area contributed by atoms with Crippen molar-refractivity contribution in [3.8, 4) is 22.8 Å². The second-order valence-corrected chi connectivity index (χ2v) is 9.08. The van der Waals surface area contributed by atoms with Crippen molar-refractivity contribution in [2.24, 2.45) is 0 Å². The van der Waals surface area contributed by atoms with Crippen molar-refractivity contribution in [2.75, 3.05) is 0 Å². The number of benzene rings is 1. The van der Waals surface area contributed by atoms with Crippen LogP contribution in [0.4, 0.5) is 0 Å². The molecular formula is C21H14BrN7S. The first kappa shape index (κ1) is 17.7. The van der Waals surface area contributed by atoms with Gasteiger partial charge in [-0.2, -0.15) is 5.10 Å². The third-order valence-corrected chi connectivity index (χ3v) is 6.59.